The number of nitrogens with zero attached hydrogens (tertiary/aromatic N) is 1. The Labute approximate surface area is 96.0 Å². The number of amides is 1. The largest absolute Gasteiger partial charge is 0.445 e. The van der Waals surface area contributed by atoms with Crippen LogP contribution >= 0.6 is 0 Å². The number of likely N-dealkylation sites (N-methyl/N-ethyl adjacent to an activating group) is 1. The van der Waals surface area contributed by atoms with Gasteiger partial charge in [-0.3, -0.25) is 0 Å². The molecule has 4 heteroatoms. The Morgan fingerprint density at radius 3 is 2.56 bits per heavy atom. The van der Waals surface area contributed by atoms with Gasteiger partial charge in [0.2, 0.25) is 0 Å². The van der Waals surface area contributed by atoms with Crippen molar-refractivity contribution in [2.45, 2.75) is 13.5 Å². The van der Waals surface area contributed by atoms with Crippen LogP contribution in [0.15, 0.2) is 24.3 Å². The topological polar surface area (TPSA) is 55.6 Å². The van der Waals surface area contributed by atoms with Gasteiger partial charge < -0.3 is 15.4 Å². The summed E-state index contributed by atoms with van der Waals surface area (Å²) in [6.45, 7) is 3.27. The second-order valence-corrected chi connectivity index (χ2v) is 3.75. The first-order valence-corrected chi connectivity index (χ1v) is 5.27. The SMILES string of the molecule is Cc1ccc(COC(=O)N(C)CCN)cc1. The van der Waals surface area contributed by atoms with E-state index in [0.29, 0.717) is 19.7 Å². The fourth-order valence-corrected chi connectivity index (χ4v) is 1.22. The Hall–Kier alpha value is -1.55. The van der Waals surface area contributed by atoms with E-state index in [1.54, 1.807) is 7.05 Å². The van der Waals surface area contributed by atoms with Crippen LogP contribution < -0.4 is 5.73 Å². The molecule has 4 nitrogen and oxygen atoms in total. The van der Waals surface area contributed by atoms with E-state index in [0.717, 1.165) is 5.56 Å². The molecule has 0 unspecified atom stereocenters. The highest BCUT2D eigenvalue weighted by molar-refractivity contribution is 5.67. The Balaban J connectivity index is 2.39. The van der Waals surface area contributed by atoms with Crippen LogP contribution in [0.3, 0.4) is 0 Å². The molecule has 0 saturated carbocycles. The first-order valence-electron chi connectivity index (χ1n) is 5.27. The number of hydrogen-bond acceptors (Lipinski definition) is 3. The van der Waals surface area contributed by atoms with Crippen LogP contribution in [0, 0.1) is 6.92 Å². The number of hydrogen-bond donors (Lipinski definition) is 1. The van der Waals surface area contributed by atoms with E-state index in [-0.39, 0.29) is 6.09 Å². The monoisotopic (exact) mass is 222 g/mol. The maximum Gasteiger partial charge on any atom is 0.409 e. The third-order valence-corrected chi connectivity index (χ3v) is 2.26. The van der Waals surface area contributed by atoms with Crippen molar-refractivity contribution in [2.75, 3.05) is 20.1 Å². The average molecular weight is 222 g/mol. The molecule has 1 rings (SSSR count). The zero-order valence-electron chi connectivity index (χ0n) is 9.77. The highest BCUT2D eigenvalue weighted by Crippen LogP contribution is 2.05. The lowest BCUT2D eigenvalue weighted by Gasteiger charge is -2.15. The Morgan fingerprint density at radius 1 is 1.38 bits per heavy atom. The van der Waals surface area contributed by atoms with Gasteiger partial charge >= 0.3 is 6.09 Å². The number of rotatable bonds is 4. The lowest BCUT2D eigenvalue weighted by atomic mass is 10.2. The molecule has 0 heterocycles. The van der Waals surface area contributed by atoms with Gasteiger partial charge in [-0.05, 0) is 12.5 Å². The highest BCUT2D eigenvalue weighted by Gasteiger charge is 2.08. The summed E-state index contributed by atoms with van der Waals surface area (Å²) in [6.07, 6.45) is -0.342. The highest BCUT2D eigenvalue weighted by atomic mass is 16.6. The molecule has 0 fully saturated rings. The van der Waals surface area contributed by atoms with Crippen molar-refractivity contribution in [3.05, 3.63) is 35.4 Å². The zero-order valence-corrected chi connectivity index (χ0v) is 9.77. The molecular formula is C12H18N2O2. The van der Waals surface area contributed by atoms with Gasteiger partial charge in [0, 0.05) is 20.1 Å². The van der Waals surface area contributed by atoms with Crippen molar-refractivity contribution in [1.29, 1.82) is 0 Å². The third-order valence-electron chi connectivity index (χ3n) is 2.26. The first-order chi connectivity index (χ1) is 7.63. The summed E-state index contributed by atoms with van der Waals surface area (Å²) in [5.41, 5.74) is 7.52. The molecule has 0 radical (unpaired) electrons. The second kappa shape index (κ2) is 6.12. The maximum absolute atomic E-state index is 11.4. The van der Waals surface area contributed by atoms with Crippen molar-refractivity contribution in [1.82, 2.24) is 4.90 Å². The number of carbonyl (C=O) groups excluding carboxylic acids is 1. The summed E-state index contributed by atoms with van der Waals surface area (Å²) in [7, 11) is 1.67. The van der Waals surface area contributed by atoms with E-state index in [1.807, 2.05) is 31.2 Å². The lowest BCUT2D eigenvalue weighted by molar-refractivity contribution is 0.105. The van der Waals surface area contributed by atoms with E-state index in [1.165, 1.54) is 10.5 Å². The Bertz CT molecular complexity index is 335. The number of benzene rings is 1. The van der Waals surface area contributed by atoms with Crippen LogP contribution in [0.25, 0.3) is 0 Å². The molecule has 16 heavy (non-hydrogen) atoms. The fraction of sp³-hybridized carbons (Fsp3) is 0.417. The van der Waals surface area contributed by atoms with Gasteiger partial charge in [-0.1, -0.05) is 29.8 Å². The molecule has 0 aliphatic carbocycles. The van der Waals surface area contributed by atoms with E-state index in [2.05, 4.69) is 0 Å². The van der Waals surface area contributed by atoms with Gasteiger partial charge in [0.05, 0.1) is 0 Å². The minimum atomic E-state index is -0.342. The first kappa shape index (κ1) is 12.5. The van der Waals surface area contributed by atoms with Crippen molar-refractivity contribution >= 4 is 6.09 Å². The minimum Gasteiger partial charge on any atom is -0.445 e. The van der Waals surface area contributed by atoms with Gasteiger partial charge in [0.15, 0.2) is 0 Å². The molecule has 0 aliphatic heterocycles. The van der Waals surface area contributed by atoms with Crippen molar-refractivity contribution in [3.63, 3.8) is 0 Å². The molecule has 0 atom stereocenters. The van der Waals surface area contributed by atoms with Crippen LogP contribution in [-0.4, -0.2) is 31.1 Å². The van der Waals surface area contributed by atoms with Crippen molar-refractivity contribution in [3.8, 4) is 0 Å². The maximum atomic E-state index is 11.4. The molecule has 1 aromatic rings. The van der Waals surface area contributed by atoms with E-state index in [4.69, 9.17) is 10.5 Å². The van der Waals surface area contributed by atoms with Gasteiger partial charge in [0.1, 0.15) is 6.61 Å². The molecule has 0 bridgehead atoms. The molecule has 2 N–H and O–H groups in total. The predicted molar refractivity (Wildman–Crippen MR) is 63.0 cm³/mol. The Morgan fingerprint density at radius 2 is 2.00 bits per heavy atom. The second-order valence-electron chi connectivity index (χ2n) is 3.75. The molecular weight excluding hydrogens is 204 g/mol. The number of nitrogens with two attached hydrogens (primary N) is 1. The van der Waals surface area contributed by atoms with E-state index in [9.17, 15) is 4.79 Å². The molecule has 0 saturated heterocycles. The number of carbonyl (C=O) groups is 1. The van der Waals surface area contributed by atoms with E-state index < -0.39 is 0 Å². The number of ether oxygens (including phenoxy) is 1. The van der Waals surface area contributed by atoms with Gasteiger partial charge in [-0.25, -0.2) is 4.79 Å². The van der Waals surface area contributed by atoms with Crippen molar-refractivity contribution < 1.29 is 9.53 Å². The molecule has 1 amide bonds. The summed E-state index contributed by atoms with van der Waals surface area (Å²) in [4.78, 5) is 12.9. The normalized spacial score (nSPS) is 9.94. The van der Waals surface area contributed by atoms with Gasteiger partial charge in [0.25, 0.3) is 0 Å². The molecule has 0 aliphatic rings. The summed E-state index contributed by atoms with van der Waals surface area (Å²) in [6, 6.07) is 7.89. The average Bonchev–Trinajstić information content (AvgIpc) is 2.28. The quantitative estimate of drug-likeness (QED) is 0.840. The van der Waals surface area contributed by atoms with Crippen LogP contribution in [0.5, 0.6) is 0 Å². The fourth-order valence-electron chi connectivity index (χ4n) is 1.22. The molecule has 88 valence electrons. The summed E-state index contributed by atoms with van der Waals surface area (Å²) < 4.78 is 5.11. The van der Waals surface area contributed by atoms with E-state index >= 15 is 0 Å². The third kappa shape index (κ3) is 3.90. The van der Waals surface area contributed by atoms with Crippen LogP contribution in [-0.2, 0) is 11.3 Å². The van der Waals surface area contributed by atoms with Crippen LogP contribution in [0.1, 0.15) is 11.1 Å². The molecule has 1 aromatic carbocycles. The standard InChI is InChI=1S/C12H18N2O2/c1-10-3-5-11(6-4-10)9-16-12(15)14(2)8-7-13/h3-6H,7-9,13H2,1-2H3. The van der Waals surface area contributed by atoms with Crippen LogP contribution in [0.2, 0.25) is 0 Å². The van der Waals surface area contributed by atoms with Gasteiger partial charge in [-0.15, -0.1) is 0 Å². The minimum absolute atomic E-state index is 0.300. The summed E-state index contributed by atoms with van der Waals surface area (Å²) in [5, 5.41) is 0. The summed E-state index contributed by atoms with van der Waals surface area (Å²) in [5.74, 6) is 0. The molecule has 0 spiro atoms. The molecule has 0 aromatic heterocycles. The zero-order chi connectivity index (χ0) is 12.0. The Kier molecular flexibility index (Phi) is 4.79. The summed E-state index contributed by atoms with van der Waals surface area (Å²) >= 11 is 0. The predicted octanol–water partition coefficient (Wildman–Crippen LogP) is 1.52. The van der Waals surface area contributed by atoms with Gasteiger partial charge in [-0.2, -0.15) is 0 Å². The number of aryl methyl sites for hydroxylation is 1. The lowest BCUT2D eigenvalue weighted by Crippen LogP contribution is -2.32. The van der Waals surface area contributed by atoms with Crippen molar-refractivity contribution in [2.24, 2.45) is 5.73 Å². The smallest absolute Gasteiger partial charge is 0.409 e. The van der Waals surface area contributed by atoms with Crippen LogP contribution in [0.4, 0.5) is 4.79 Å².